The molecule has 7 nitrogen and oxygen atoms in total. The number of ether oxygens (including phenoxy) is 1. The summed E-state index contributed by atoms with van der Waals surface area (Å²) < 4.78 is 7.35. The maximum Gasteiger partial charge on any atom is 0.158 e. The highest BCUT2D eigenvalue weighted by Gasteiger charge is 2.24. The van der Waals surface area contributed by atoms with Crippen molar-refractivity contribution in [3.05, 3.63) is 53.2 Å². The van der Waals surface area contributed by atoms with Crippen molar-refractivity contribution in [2.45, 2.75) is 45.4 Å². The van der Waals surface area contributed by atoms with E-state index in [2.05, 4.69) is 52.0 Å². The lowest BCUT2D eigenvalue weighted by Crippen LogP contribution is -2.32. The van der Waals surface area contributed by atoms with Crippen LogP contribution in [0.4, 0.5) is 5.82 Å². The van der Waals surface area contributed by atoms with Crippen LogP contribution in [0.5, 0.6) is 0 Å². The number of thiophene rings is 1. The van der Waals surface area contributed by atoms with E-state index in [-0.39, 0.29) is 6.04 Å². The highest BCUT2D eigenvalue weighted by Crippen LogP contribution is 2.37. The molecule has 4 heterocycles. The summed E-state index contributed by atoms with van der Waals surface area (Å²) in [6.45, 7) is 3.27. The first-order valence-corrected chi connectivity index (χ1v) is 11.1. The van der Waals surface area contributed by atoms with Gasteiger partial charge in [0.05, 0.1) is 11.9 Å². The number of methoxy groups -OCH3 is 1. The third-order valence-corrected chi connectivity index (χ3v) is 6.27. The average molecular weight is 421 g/mol. The van der Waals surface area contributed by atoms with Crippen LogP contribution in [0.2, 0.25) is 0 Å². The molecule has 8 heteroatoms. The molecule has 0 saturated heterocycles. The first-order chi connectivity index (χ1) is 14.7. The van der Waals surface area contributed by atoms with Gasteiger partial charge < -0.3 is 10.1 Å². The minimum atomic E-state index is 0.237. The Labute approximate surface area is 179 Å². The Balaban J connectivity index is 1.52. The molecule has 0 radical (unpaired) electrons. The van der Waals surface area contributed by atoms with Crippen LogP contribution in [0.15, 0.2) is 35.7 Å². The molecule has 0 bridgehead atoms. The van der Waals surface area contributed by atoms with E-state index < -0.39 is 0 Å². The molecule has 154 valence electrons. The Kier molecular flexibility index (Phi) is 5.18. The number of benzene rings is 1. The lowest BCUT2D eigenvalue weighted by atomic mass is 10.0. The van der Waals surface area contributed by atoms with Crippen molar-refractivity contribution < 1.29 is 4.74 Å². The minimum absolute atomic E-state index is 0.237. The predicted octanol–water partition coefficient (Wildman–Crippen LogP) is 4.09. The average Bonchev–Trinajstić information content (AvgIpc) is 3.38. The molecule has 5 rings (SSSR count). The number of nitrogens with one attached hydrogen (secondary N) is 1. The molecule has 1 N–H and O–H groups in total. The smallest absolute Gasteiger partial charge is 0.158 e. The van der Waals surface area contributed by atoms with Crippen LogP contribution in [-0.4, -0.2) is 37.9 Å². The van der Waals surface area contributed by atoms with Crippen LogP contribution in [0.1, 0.15) is 30.8 Å². The number of anilines is 1. The van der Waals surface area contributed by atoms with Crippen molar-refractivity contribution in [3.8, 4) is 11.1 Å². The molecule has 30 heavy (non-hydrogen) atoms. The van der Waals surface area contributed by atoms with Crippen molar-refractivity contribution in [1.29, 1.82) is 0 Å². The number of hydrogen-bond acceptors (Lipinski definition) is 7. The molecule has 0 amide bonds. The van der Waals surface area contributed by atoms with Crippen molar-refractivity contribution in [3.63, 3.8) is 0 Å². The quantitative estimate of drug-likeness (QED) is 0.506. The third kappa shape index (κ3) is 3.57. The highest BCUT2D eigenvalue weighted by molar-refractivity contribution is 7.17. The summed E-state index contributed by atoms with van der Waals surface area (Å²) in [4.78, 5) is 15.2. The topological polar surface area (TPSA) is 77.8 Å². The summed E-state index contributed by atoms with van der Waals surface area (Å²) in [6, 6.07) is 10.6. The van der Waals surface area contributed by atoms with Gasteiger partial charge in [-0.1, -0.05) is 37.3 Å². The summed E-state index contributed by atoms with van der Waals surface area (Å²) in [5.41, 5.74) is 2.33. The van der Waals surface area contributed by atoms with Gasteiger partial charge in [0, 0.05) is 36.9 Å². The molecule has 0 saturated carbocycles. The Bertz CT molecular complexity index is 1170. The van der Waals surface area contributed by atoms with E-state index in [9.17, 15) is 0 Å². The maximum atomic E-state index is 5.30. The second kappa shape index (κ2) is 8.12. The first-order valence-electron chi connectivity index (χ1n) is 10.3. The molecular formula is C22H24N6OS. The van der Waals surface area contributed by atoms with Gasteiger partial charge in [-0.3, -0.25) is 0 Å². The molecule has 1 aromatic carbocycles. The normalized spacial score (nSPS) is 16.0. The fourth-order valence-corrected chi connectivity index (χ4v) is 4.90. The first kappa shape index (κ1) is 19.1. The van der Waals surface area contributed by atoms with Crippen molar-refractivity contribution in [2.75, 3.05) is 12.4 Å². The number of hydrogen-bond donors (Lipinski definition) is 1. The van der Waals surface area contributed by atoms with Gasteiger partial charge >= 0.3 is 0 Å². The molecule has 0 aliphatic carbocycles. The Morgan fingerprint density at radius 3 is 2.83 bits per heavy atom. The van der Waals surface area contributed by atoms with E-state index in [4.69, 9.17) is 14.7 Å². The second-order valence-corrected chi connectivity index (χ2v) is 8.33. The molecular weight excluding hydrogens is 396 g/mol. The maximum absolute atomic E-state index is 5.30. The Morgan fingerprint density at radius 2 is 2.03 bits per heavy atom. The van der Waals surface area contributed by atoms with E-state index in [1.807, 2.05) is 10.7 Å². The Hall–Kier alpha value is -2.84. The summed E-state index contributed by atoms with van der Waals surface area (Å²) in [5, 5.41) is 11.6. The third-order valence-electron chi connectivity index (χ3n) is 5.40. The van der Waals surface area contributed by atoms with Crippen LogP contribution in [0, 0.1) is 0 Å². The van der Waals surface area contributed by atoms with Gasteiger partial charge in [-0.25, -0.2) is 19.6 Å². The number of fused-ring (bicyclic) bond motifs is 2. The number of rotatable bonds is 6. The molecule has 0 spiro atoms. The summed E-state index contributed by atoms with van der Waals surface area (Å²) in [7, 11) is 1.67. The molecule has 1 aliphatic rings. The van der Waals surface area contributed by atoms with E-state index in [0.717, 1.165) is 59.1 Å². The van der Waals surface area contributed by atoms with Gasteiger partial charge in [0.15, 0.2) is 11.6 Å². The SMILES string of the molecule is CCc1nc2n(n1)CC(Nc1nc(COC)nc3scc(-c4ccccc4)c13)CC2. The zero-order valence-corrected chi connectivity index (χ0v) is 17.9. The van der Waals surface area contributed by atoms with E-state index in [1.54, 1.807) is 18.4 Å². The van der Waals surface area contributed by atoms with Crippen LogP contribution >= 0.6 is 11.3 Å². The number of nitrogens with zero attached hydrogens (tertiary/aromatic N) is 5. The monoisotopic (exact) mass is 420 g/mol. The Morgan fingerprint density at radius 1 is 1.17 bits per heavy atom. The number of aryl methyl sites for hydroxylation is 2. The standard InChI is InChI=1S/C22H24N6OS/c1-3-17-24-19-10-9-15(11-28(19)27-17)23-21-20-16(14-7-5-4-6-8-14)13-30-22(20)26-18(25-21)12-29-2/h4-8,13,15H,3,9-12H2,1-2H3,(H,23,25,26). The summed E-state index contributed by atoms with van der Waals surface area (Å²) in [5.74, 6) is 3.57. The van der Waals surface area contributed by atoms with Gasteiger partial charge in [0.1, 0.15) is 23.1 Å². The summed E-state index contributed by atoms with van der Waals surface area (Å²) in [6.07, 6.45) is 2.77. The van der Waals surface area contributed by atoms with Crippen LogP contribution in [0.25, 0.3) is 21.3 Å². The van der Waals surface area contributed by atoms with Crippen molar-refractivity contribution in [2.24, 2.45) is 0 Å². The number of aromatic nitrogens is 5. The van der Waals surface area contributed by atoms with Gasteiger partial charge in [-0.2, -0.15) is 5.10 Å². The van der Waals surface area contributed by atoms with E-state index >= 15 is 0 Å². The molecule has 1 aliphatic heterocycles. The van der Waals surface area contributed by atoms with Gasteiger partial charge in [0.2, 0.25) is 0 Å². The van der Waals surface area contributed by atoms with Crippen molar-refractivity contribution in [1.82, 2.24) is 24.7 Å². The van der Waals surface area contributed by atoms with Crippen molar-refractivity contribution >= 4 is 27.4 Å². The lowest BCUT2D eigenvalue weighted by Gasteiger charge is -2.24. The van der Waals surface area contributed by atoms with Gasteiger partial charge in [0.25, 0.3) is 0 Å². The molecule has 4 aromatic rings. The van der Waals surface area contributed by atoms with Crippen LogP contribution in [0.3, 0.4) is 0 Å². The lowest BCUT2D eigenvalue weighted by molar-refractivity contribution is 0.178. The molecule has 1 unspecified atom stereocenters. The molecule has 1 atom stereocenters. The molecule has 3 aromatic heterocycles. The minimum Gasteiger partial charge on any atom is -0.377 e. The van der Waals surface area contributed by atoms with E-state index in [1.165, 1.54) is 5.56 Å². The largest absolute Gasteiger partial charge is 0.377 e. The predicted molar refractivity (Wildman–Crippen MR) is 119 cm³/mol. The van der Waals surface area contributed by atoms with Gasteiger partial charge in [-0.05, 0) is 12.0 Å². The summed E-state index contributed by atoms with van der Waals surface area (Å²) >= 11 is 1.65. The van der Waals surface area contributed by atoms with E-state index in [0.29, 0.717) is 12.4 Å². The van der Waals surface area contributed by atoms with Crippen LogP contribution in [-0.2, 0) is 30.7 Å². The second-order valence-electron chi connectivity index (χ2n) is 7.48. The zero-order valence-electron chi connectivity index (χ0n) is 17.1. The highest BCUT2D eigenvalue weighted by atomic mass is 32.1. The molecule has 0 fully saturated rings. The fourth-order valence-electron chi connectivity index (χ4n) is 3.94. The zero-order chi connectivity index (χ0) is 20.5. The van der Waals surface area contributed by atoms with Gasteiger partial charge in [-0.15, -0.1) is 11.3 Å². The van der Waals surface area contributed by atoms with Crippen LogP contribution < -0.4 is 5.32 Å². The fraction of sp³-hybridized carbons (Fsp3) is 0.364.